The number of aliphatic imine (C=N–C) groups is 1. The number of hydrogen-bond donors (Lipinski definition) is 7. The van der Waals surface area contributed by atoms with Gasteiger partial charge < -0.3 is 38.5 Å². The van der Waals surface area contributed by atoms with Gasteiger partial charge in [-0.3, -0.25) is 29.0 Å². The summed E-state index contributed by atoms with van der Waals surface area (Å²) in [4.78, 5) is 69.7. The van der Waals surface area contributed by atoms with Crippen molar-refractivity contribution in [3.63, 3.8) is 0 Å². The fraction of sp³-hybridized carbons (Fsp3) is 0.486. The van der Waals surface area contributed by atoms with Crippen LogP contribution in [0.3, 0.4) is 0 Å². The molecule has 0 heterocycles. The highest BCUT2D eigenvalue weighted by atomic mass is 16.2. The molecule has 0 radical (unpaired) electrons. The number of primary amides is 1. The van der Waals surface area contributed by atoms with Crippen LogP contribution in [0.25, 0.3) is 0 Å². The van der Waals surface area contributed by atoms with Gasteiger partial charge in [0.15, 0.2) is 5.96 Å². The van der Waals surface area contributed by atoms with Crippen molar-refractivity contribution in [3.8, 4) is 0 Å². The Kier molecular flexibility index (Phi) is 16.6. The quantitative estimate of drug-likeness (QED) is 0.0628. The van der Waals surface area contributed by atoms with Crippen LogP contribution >= 0.6 is 0 Å². The molecule has 0 unspecified atom stereocenters. The molecule has 0 saturated carbocycles. The van der Waals surface area contributed by atoms with Crippen molar-refractivity contribution in [2.24, 2.45) is 34.0 Å². The Morgan fingerprint density at radius 1 is 0.708 bits per heavy atom. The highest BCUT2D eigenvalue weighted by molar-refractivity contribution is 5.95. The number of aryl methyl sites for hydroxylation is 1. The summed E-state index contributed by atoms with van der Waals surface area (Å²) in [6, 6.07) is 14.3. The predicted molar refractivity (Wildman–Crippen MR) is 186 cm³/mol. The second kappa shape index (κ2) is 20.3. The van der Waals surface area contributed by atoms with Gasteiger partial charge in [-0.05, 0) is 55.1 Å². The molecule has 2 aromatic carbocycles. The maximum absolute atomic E-state index is 13.6. The van der Waals surface area contributed by atoms with Crippen LogP contribution in [0.2, 0.25) is 0 Å². The third kappa shape index (κ3) is 14.2. The summed E-state index contributed by atoms with van der Waals surface area (Å²) < 4.78 is 0. The van der Waals surface area contributed by atoms with Gasteiger partial charge in [-0.25, -0.2) is 0 Å². The fourth-order valence-corrected chi connectivity index (χ4v) is 5.10. The van der Waals surface area contributed by atoms with Crippen LogP contribution in [0.15, 0.2) is 65.7 Å². The van der Waals surface area contributed by atoms with Crippen LogP contribution in [0.5, 0.6) is 0 Å². The summed E-state index contributed by atoms with van der Waals surface area (Å²) in [6.45, 7) is 7.56. The average Bonchev–Trinajstić information content (AvgIpc) is 3.03. The van der Waals surface area contributed by atoms with Gasteiger partial charge in [0, 0.05) is 13.0 Å². The minimum absolute atomic E-state index is 0.00223. The van der Waals surface area contributed by atoms with Crippen LogP contribution in [0.1, 0.15) is 77.0 Å². The molecule has 13 heteroatoms. The van der Waals surface area contributed by atoms with E-state index in [1.807, 2.05) is 44.2 Å². The number of benzene rings is 2. The Morgan fingerprint density at radius 2 is 1.31 bits per heavy atom. The van der Waals surface area contributed by atoms with E-state index in [2.05, 4.69) is 26.3 Å². The number of amides is 5. The van der Waals surface area contributed by atoms with Crippen LogP contribution in [0.4, 0.5) is 0 Å². The van der Waals surface area contributed by atoms with Crippen molar-refractivity contribution >= 4 is 35.5 Å². The molecular weight excluding hydrogens is 612 g/mol. The van der Waals surface area contributed by atoms with Gasteiger partial charge in [0.25, 0.3) is 0 Å². The molecule has 0 bridgehead atoms. The van der Waals surface area contributed by atoms with Gasteiger partial charge >= 0.3 is 0 Å². The Labute approximate surface area is 283 Å². The molecule has 0 aliphatic heterocycles. The summed E-state index contributed by atoms with van der Waals surface area (Å²) in [5.74, 6) is -3.21. The lowest BCUT2D eigenvalue weighted by atomic mass is 9.98. The second-order valence-corrected chi connectivity index (χ2v) is 12.6. The van der Waals surface area contributed by atoms with E-state index in [-0.39, 0.29) is 49.5 Å². The summed E-state index contributed by atoms with van der Waals surface area (Å²) in [7, 11) is 0. The van der Waals surface area contributed by atoms with E-state index in [1.165, 1.54) is 0 Å². The van der Waals surface area contributed by atoms with E-state index in [4.69, 9.17) is 17.2 Å². The zero-order valence-electron chi connectivity index (χ0n) is 28.4. The largest absolute Gasteiger partial charge is 0.370 e. The first-order chi connectivity index (χ1) is 22.8. The van der Waals surface area contributed by atoms with Crippen LogP contribution in [0, 0.1) is 11.8 Å². The van der Waals surface area contributed by atoms with Crippen molar-refractivity contribution in [2.45, 2.75) is 90.4 Å². The minimum atomic E-state index is -1.10. The van der Waals surface area contributed by atoms with E-state index in [9.17, 15) is 24.0 Å². The van der Waals surface area contributed by atoms with E-state index in [0.29, 0.717) is 24.8 Å². The third-order valence-corrected chi connectivity index (χ3v) is 7.60. The molecule has 13 nitrogen and oxygen atoms in total. The first-order valence-electron chi connectivity index (χ1n) is 16.4. The summed E-state index contributed by atoms with van der Waals surface area (Å²) in [5, 5.41) is 11.0. The average molecular weight is 665 g/mol. The normalized spacial score (nSPS) is 13.5. The zero-order chi connectivity index (χ0) is 35.6. The highest BCUT2D eigenvalue weighted by Crippen LogP contribution is 2.15. The number of carbonyl (C=O) groups is 5. The molecule has 0 fully saturated rings. The number of nitrogens with one attached hydrogen (secondary N) is 4. The first kappa shape index (κ1) is 39.2. The predicted octanol–water partition coefficient (Wildman–Crippen LogP) is 1.56. The first-order valence-corrected chi connectivity index (χ1v) is 16.4. The molecule has 2 aromatic rings. The molecular formula is C35H52N8O5. The summed E-state index contributed by atoms with van der Waals surface area (Å²) in [6.07, 6.45) is 2.42. The van der Waals surface area contributed by atoms with Gasteiger partial charge in [0.2, 0.25) is 29.5 Å². The van der Waals surface area contributed by atoms with Gasteiger partial charge in [0.05, 0.1) is 0 Å². The van der Waals surface area contributed by atoms with E-state index in [0.717, 1.165) is 5.56 Å². The molecule has 0 aromatic heterocycles. The Hall–Kier alpha value is -4.94. The lowest BCUT2D eigenvalue weighted by Crippen LogP contribution is -2.58. The monoisotopic (exact) mass is 664 g/mol. The zero-order valence-corrected chi connectivity index (χ0v) is 28.4. The van der Waals surface area contributed by atoms with Crippen molar-refractivity contribution < 1.29 is 24.0 Å². The maximum atomic E-state index is 13.6. The minimum Gasteiger partial charge on any atom is -0.370 e. The van der Waals surface area contributed by atoms with Crippen LogP contribution in [-0.2, 0) is 30.4 Å². The number of rotatable bonds is 20. The molecule has 5 amide bonds. The SMILES string of the molecule is CC(C)C[C@H](NC(=O)[C@H](CCCN=C(N)N)NC(=O)CCCc1ccccc1)C(=O)N[C@H](C(=O)N[C@H](C(N)=O)c1ccccc1)C(C)C. The summed E-state index contributed by atoms with van der Waals surface area (Å²) >= 11 is 0. The van der Waals surface area contributed by atoms with Crippen LogP contribution in [-0.4, -0.2) is 60.2 Å². The lowest BCUT2D eigenvalue weighted by Gasteiger charge is -2.28. The number of guanidine groups is 1. The van der Waals surface area contributed by atoms with Crippen molar-refractivity contribution in [3.05, 3.63) is 71.8 Å². The molecule has 0 spiro atoms. The molecule has 48 heavy (non-hydrogen) atoms. The molecule has 262 valence electrons. The number of nitrogens with two attached hydrogens (primary N) is 3. The number of nitrogens with zero attached hydrogens (tertiary/aromatic N) is 1. The summed E-state index contributed by atoms with van der Waals surface area (Å²) in [5.41, 5.74) is 18.1. The molecule has 2 rings (SSSR count). The van der Waals surface area contributed by atoms with E-state index >= 15 is 0 Å². The fourth-order valence-electron chi connectivity index (χ4n) is 5.10. The van der Waals surface area contributed by atoms with Crippen molar-refractivity contribution in [2.75, 3.05) is 6.54 Å². The maximum Gasteiger partial charge on any atom is 0.244 e. The molecule has 10 N–H and O–H groups in total. The van der Waals surface area contributed by atoms with Gasteiger partial charge in [-0.2, -0.15) is 0 Å². The van der Waals surface area contributed by atoms with E-state index in [1.54, 1.807) is 44.2 Å². The van der Waals surface area contributed by atoms with Gasteiger partial charge in [0.1, 0.15) is 24.2 Å². The smallest absolute Gasteiger partial charge is 0.244 e. The van der Waals surface area contributed by atoms with Crippen LogP contribution < -0.4 is 38.5 Å². The Balaban J connectivity index is 2.16. The Morgan fingerprint density at radius 3 is 1.88 bits per heavy atom. The number of carbonyl (C=O) groups excluding carboxylic acids is 5. The van der Waals surface area contributed by atoms with Crippen molar-refractivity contribution in [1.29, 1.82) is 0 Å². The van der Waals surface area contributed by atoms with Gasteiger partial charge in [-0.15, -0.1) is 0 Å². The van der Waals surface area contributed by atoms with Gasteiger partial charge in [-0.1, -0.05) is 88.4 Å². The molecule has 0 saturated heterocycles. The number of hydrogen-bond acceptors (Lipinski definition) is 6. The standard InChI is InChI=1S/C35H52N8O5/c1-22(2)21-27(33(47)42-29(23(3)4)34(48)43-30(31(36)45)25-16-9-6-10-17-25)41-32(46)26(18-12-20-39-35(37)38)40-28(44)19-11-15-24-13-7-5-8-14-24/h5-10,13-14,16-17,22-23,26-27,29-30H,11-12,15,18-21H2,1-4H3,(H2,36,45)(H,40,44)(H,41,46)(H,42,47)(H,43,48)(H4,37,38,39)/t26-,27-,29-,30-/m0/s1. The molecule has 0 aliphatic carbocycles. The van der Waals surface area contributed by atoms with E-state index < -0.39 is 47.8 Å². The molecule has 0 aliphatic rings. The topological polar surface area (TPSA) is 224 Å². The second-order valence-electron chi connectivity index (χ2n) is 12.6. The molecule has 4 atom stereocenters. The van der Waals surface area contributed by atoms with Crippen molar-refractivity contribution in [1.82, 2.24) is 21.3 Å². The lowest BCUT2D eigenvalue weighted by molar-refractivity contribution is -0.135. The Bertz CT molecular complexity index is 1360. The third-order valence-electron chi connectivity index (χ3n) is 7.60. The highest BCUT2D eigenvalue weighted by Gasteiger charge is 2.33.